The van der Waals surface area contributed by atoms with E-state index in [2.05, 4.69) is 17.1 Å². The monoisotopic (exact) mass is 298 g/mol. The van der Waals surface area contributed by atoms with E-state index in [1.54, 1.807) is 14.2 Å². The van der Waals surface area contributed by atoms with Crippen LogP contribution in [0.5, 0.6) is 11.5 Å². The molecule has 112 valence electrons. The van der Waals surface area contributed by atoms with Gasteiger partial charge in [-0.1, -0.05) is 11.6 Å². The Bertz CT molecular complexity index is 467. The molecule has 5 heteroatoms. The number of piperidine rings is 1. The van der Waals surface area contributed by atoms with Crippen LogP contribution in [0, 0.1) is 0 Å². The molecule has 0 aromatic heterocycles. The van der Waals surface area contributed by atoms with E-state index in [-0.39, 0.29) is 0 Å². The first kappa shape index (κ1) is 15.3. The zero-order valence-corrected chi connectivity index (χ0v) is 13.3. The number of nitrogens with zero attached hydrogens (tertiary/aromatic N) is 1. The van der Waals surface area contributed by atoms with Gasteiger partial charge in [0.2, 0.25) is 0 Å². The lowest BCUT2D eigenvalue weighted by atomic mass is 9.97. The number of nitrogens with one attached hydrogen (secondary N) is 1. The molecule has 1 aromatic rings. The quantitative estimate of drug-likeness (QED) is 0.927. The molecule has 1 aliphatic rings. The van der Waals surface area contributed by atoms with E-state index in [1.165, 1.54) is 0 Å². The first-order valence-electron chi connectivity index (χ1n) is 6.96. The molecule has 0 aliphatic carbocycles. The van der Waals surface area contributed by atoms with Gasteiger partial charge >= 0.3 is 0 Å². The zero-order valence-electron chi connectivity index (χ0n) is 12.6. The number of methoxy groups -OCH3 is 2. The summed E-state index contributed by atoms with van der Waals surface area (Å²) in [5.41, 5.74) is 1.04. The number of rotatable bonds is 4. The Morgan fingerprint density at radius 1 is 1.25 bits per heavy atom. The molecule has 2 unspecified atom stereocenters. The van der Waals surface area contributed by atoms with Gasteiger partial charge in [-0.2, -0.15) is 0 Å². The Morgan fingerprint density at radius 3 is 2.50 bits per heavy atom. The maximum Gasteiger partial charge on any atom is 0.145 e. The van der Waals surface area contributed by atoms with Gasteiger partial charge < -0.3 is 19.7 Å². The SMILES string of the molecule is CNC1CCN(c2cc(Cl)c(OC)cc2OC)C(C)C1. The molecule has 0 spiro atoms. The van der Waals surface area contributed by atoms with Crippen molar-refractivity contribution in [1.29, 1.82) is 0 Å². The number of benzene rings is 1. The first-order valence-corrected chi connectivity index (χ1v) is 7.34. The smallest absolute Gasteiger partial charge is 0.145 e. The van der Waals surface area contributed by atoms with Gasteiger partial charge in [0.1, 0.15) is 11.5 Å². The topological polar surface area (TPSA) is 33.7 Å². The number of ether oxygens (including phenoxy) is 2. The lowest BCUT2D eigenvalue weighted by Crippen LogP contribution is -2.46. The minimum atomic E-state index is 0.444. The fraction of sp³-hybridized carbons (Fsp3) is 0.600. The number of hydrogen-bond donors (Lipinski definition) is 1. The summed E-state index contributed by atoms with van der Waals surface area (Å²) in [6, 6.07) is 4.82. The van der Waals surface area contributed by atoms with E-state index in [4.69, 9.17) is 21.1 Å². The third-order valence-electron chi connectivity index (χ3n) is 4.05. The fourth-order valence-corrected chi connectivity index (χ4v) is 3.10. The van der Waals surface area contributed by atoms with Crippen LogP contribution >= 0.6 is 11.6 Å². The molecule has 1 saturated heterocycles. The van der Waals surface area contributed by atoms with Crippen molar-refractivity contribution in [2.75, 3.05) is 32.7 Å². The van der Waals surface area contributed by atoms with E-state index in [0.717, 1.165) is 30.8 Å². The van der Waals surface area contributed by atoms with Gasteiger partial charge in [-0.05, 0) is 32.9 Å². The van der Waals surface area contributed by atoms with E-state index in [1.807, 2.05) is 19.2 Å². The molecule has 4 nitrogen and oxygen atoms in total. The average molecular weight is 299 g/mol. The molecule has 1 aromatic carbocycles. The summed E-state index contributed by atoms with van der Waals surface area (Å²) in [4.78, 5) is 2.36. The second-order valence-corrected chi connectivity index (χ2v) is 5.62. The van der Waals surface area contributed by atoms with Crippen molar-refractivity contribution in [2.45, 2.75) is 31.8 Å². The lowest BCUT2D eigenvalue weighted by molar-refractivity contribution is 0.372. The number of halogens is 1. The Morgan fingerprint density at radius 2 is 1.95 bits per heavy atom. The minimum absolute atomic E-state index is 0.444. The Balaban J connectivity index is 2.30. The van der Waals surface area contributed by atoms with E-state index >= 15 is 0 Å². The van der Waals surface area contributed by atoms with Crippen molar-refractivity contribution >= 4 is 17.3 Å². The van der Waals surface area contributed by atoms with Gasteiger partial charge in [-0.3, -0.25) is 0 Å². The van der Waals surface area contributed by atoms with E-state index < -0.39 is 0 Å². The zero-order chi connectivity index (χ0) is 14.7. The molecule has 0 amide bonds. The molecule has 2 rings (SSSR count). The molecule has 1 aliphatic heterocycles. The van der Waals surface area contributed by atoms with Crippen LogP contribution in [0.3, 0.4) is 0 Å². The summed E-state index contributed by atoms with van der Waals surface area (Å²) >= 11 is 6.26. The minimum Gasteiger partial charge on any atom is -0.495 e. The third-order valence-corrected chi connectivity index (χ3v) is 4.34. The van der Waals surface area contributed by atoms with Crippen molar-refractivity contribution in [2.24, 2.45) is 0 Å². The highest BCUT2D eigenvalue weighted by Gasteiger charge is 2.27. The molecule has 0 radical (unpaired) electrons. The number of hydrogen-bond acceptors (Lipinski definition) is 4. The van der Waals surface area contributed by atoms with Gasteiger partial charge in [0, 0.05) is 24.7 Å². The molecule has 1 heterocycles. The van der Waals surface area contributed by atoms with Gasteiger partial charge in [-0.25, -0.2) is 0 Å². The highest BCUT2D eigenvalue weighted by molar-refractivity contribution is 6.32. The van der Waals surface area contributed by atoms with Crippen LogP contribution in [0.25, 0.3) is 0 Å². The fourth-order valence-electron chi connectivity index (χ4n) is 2.86. The highest BCUT2D eigenvalue weighted by Crippen LogP contribution is 2.40. The Hall–Kier alpha value is -1.13. The molecule has 1 fully saturated rings. The molecule has 0 bridgehead atoms. The van der Waals surface area contributed by atoms with Crippen LogP contribution in [0.2, 0.25) is 5.02 Å². The standard InChI is InChI=1S/C15H23ClN2O2/c1-10-7-11(17-2)5-6-18(10)13-8-12(16)14(19-3)9-15(13)20-4/h8-11,17H,5-7H2,1-4H3. The van der Waals surface area contributed by atoms with E-state index in [0.29, 0.717) is 22.9 Å². The van der Waals surface area contributed by atoms with Crippen molar-refractivity contribution < 1.29 is 9.47 Å². The molecular weight excluding hydrogens is 276 g/mol. The maximum atomic E-state index is 6.26. The van der Waals surface area contributed by atoms with Crippen molar-refractivity contribution in [3.63, 3.8) is 0 Å². The van der Waals surface area contributed by atoms with Gasteiger partial charge in [0.15, 0.2) is 0 Å². The van der Waals surface area contributed by atoms with Crippen molar-refractivity contribution in [1.82, 2.24) is 5.32 Å². The highest BCUT2D eigenvalue weighted by atomic mass is 35.5. The van der Waals surface area contributed by atoms with Crippen LogP contribution < -0.4 is 19.7 Å². The maximum absolute atomic E-state index is 6.26. The second-order valence-electron chi connectivity index (χ2n) is 5.21. The van der Waals surface area contributed by atoms with Crippen LogP contribution in [0.4, 0.5) is 5.69 Å². The van der Waals surface area contributed by atoms with Crippen LogP contribution in [-0.4, -0.2) is 39.9 Å². The summed E-state index contributed by atoms with van der Waals surface area (Å²) in [7, 11) is 5.32. The summed E-state index contributed by atoms with van der Waals surface area (Å²) in [5.74, 6) is 1.45. The number of anilines is 1. The molecular formula is C15H23ClN2O2. The summed E-state index contributed by atoms with van der Waals surface area (Å²) in [6.07, 6.45) is 2.23. The summed E-state index contributed by atoms with van der Waals surface area (Å²) < 4.78 is 10.8. The molecule has 1 N–H and O–H groups in total. The molecule has 20 heavy (non-hydrogen) atoms. The molecule has 0 saturated carbocycles. The Kier molecular flexibility index (Phi) is 5.00. The average Bonchev–Trinajstić information content (AvgIpc) is 2.46. The van der Waals surface area contributed by atoms with E-state index in [9.17, 15) is 0 Å². The largest absolute Gasteiger partial charge is 0.495 e. The van der Waals surface area contributed by atoms with Gasteiger partial charge in [0.05, 0.1) is 24.9 Å². The Labute approximate surface area is 126 Å². The summed E-state index contributed by atoms with van der Waals surface area (Å²) in [5, 5.41) is 3.98. The second kappa shape index (κ2) is 6.55. The lowest BCUT2D eigenvalue weighted by Gasteiger charge is -2.39. The van der Waals surface area contributed by atoms with Crippen LogP contribution in [-0.2, 0) is 0 Å². The van der Waals surface area contributed by atoms with Crippen molar-refractivity contribution in [3.8, 4) is 11.5 Å². The van der Waals surface area contributed by atoms with Crippen LogP contribution in [0.15, 0.2) is 12.1 Å². The first-order chi connectivity index (χ1) is 9.60. The molecule has 2 atom stereocenters. The van der Waals surface area contributed by atoms with Gasteiger partial charge in [0.25, 0.3) is 0 Å². The van der Waals surface area contributed by atoms with Crippen LogP contribution in [0.1, 0.15) is 19.8 Å². The third kappa shape index (κ3) is 2.96. The predicted molar refractivity (Wildman–Crippen MR) is 83.4 cm³/mol. The normalized spacial score (nSPS) is 22.8. The summed E-state index contributed by atoms with van der Waals surface area (Å²) in [6.45, 7) is 3.23. The van der Waals surface area contributed by atoms with Crippen molar-refractivity contribution in [3.05, 3.63) is 17.2 Å². The van der Waals surface area contributed by atoms with Gasteiger partial charge in [-0.15, -0.1) is 0 Å². The predicted octanol–water partition coefficient (Wildman–Crippen LogP) is 2.93.